The summed E-state index contributed by atoms with van der Waals surface area (Å²) in [6, 6.07) is 6.14. The van der Waals surface area contributed by atoms with Gasteiger partial charge in [0.15, 0.2) is 16.4 Å². The molecule has 0 spiro atoms. The third-order valence-corrected chi connectivity index (χ3v) is 6.42. The number of benzene rings is 1. The van der Waals surface area contributed by atoms with E-state index in [4.69, 9.17) is 4.74 Å². The number of esters is 1. The first-order chi connectivity index (χ1) is 11.8. The molecule has 1 fully saturated rings. The average Bonchev–Trinajstić information content (AvgIpc) is 2.59. The number of carbonyl (C=O) groups excluding carboxylic acids is 2. The number of rotatable bonds is 5. The van der Waals surface area contributed by atoms with E-state index in [0.717, 1.165) is 19.3 Å². The molecule has 6 nitrogen and oxygen atoms in total. The molecule has 0 unspecified atom stereocenters. The van der Waals surface area contributed by atoms with E-state index in [1.165, 1.54) is 19.1 Å². The van der Waals surface area contributed by atoms with E-state index in [2.05, 4.69) is 0 Å². The molecule has 0 bridgehead atoms. The minimum Gasteiger partial charge on any atom is -0.452 e. The van der Waals surface area contributed by atoms with Gasteiger partial charge in [-0.2, -0.15) is 0 Å². The molecule has 1 amide bonds. The summed E-state index contributed by atoms with van der Waals surface area (Å²) < 4.78 is 29.4. The summed E-state index contributed by atoms with van der Waals surface area (Å²) in [6.45, 7) is 5.10. The van der Waals surface area contributed by atoms with Crippen molar-refractivity contribution >= 4 is 21.7 Å². The maximum atomic E-state index is 12.4. The Morgan fingerprint density at radius 2 is 1.76 bits per heavy atom. The summed E-state index contributed by atoms with van der Waals surface area (Å²) >= 11 is 0. The van der Waals surface area contributed by atoms with Crippen molar-refractivity contribution in [3.63, 3.8) is 0 Å². The predicted octanol–water partition coefficient (Wildman–Crippen LogP) is 2.43. The smallest absolute Gasteiger partial charge is 0.339 e. The van der Waals surface area contributed by atoms with Gasteiger partial charge in [-0.1, -0.05) is 19.1 Å². The minimum absolute atomic E-state index is 0.0307. The maximum absolute atomic E-state index is 12.4. The molecule has 0 saturated carbocycles. The molecule has 138 valence electrons. The number of amides is 1. The lowest BCUT2D eigenvalue weighted by molar-refractivity contribution is -0.140. The highest BCUT2D eigenvalue weighted by Crippen LogP contribution is 2.23. The van der Waals surface area contributed by atoms with E-state index in [-0.39, 0.29) is 40.8 Å². The van der Waals surface area contributed by atoms with Crippen LogP contribution < -0.4 is 0 Å². The molecule has 0 aliphatic carbocycles. The van der Waals surface area contributed by atoms with Crippen molar-refractivity contribution in [1.29, 1.82) is 0 Å². The van der Waals surface area contributed by atoms with Crippen LogP contribution in [0.4, 0.5) is 0 Å². The van der Waals surface area contributed by atoms with Crippen LogP contribution in [0.5, 0.6) is 0 Å². The monoisotopic (exact) mass is 367 g/mol. The molecule has 2 atom stereocenters. The quantitative estimate of drug-likeness (QED) is 0.747. The van der Waals surface area contributed by atoms with Gasteiger partial charge in [0, 0.05) is 12.1 Å². The lowest BCUT2D eigenvalue weighted by Gasteiger charge is -2.38. The predicted molar refractivity (Wildman–Crippen MR) is 94.1 cm³/mol. The Bertz CT molecular complexity index is 734. The number of hydrogen-bond donors (Lipinski definition) is 0. The fraction of sp³-hybridized carbons (Fsp3) is 0.556. The molecule has 1 aliphatic heterocycles. The maximum Gasteiger partial charge on any atom is 0.339 e. The van der Waals surface area contributed by atoms with Crippen molar-refractivity contribution in [2.75, 3.05) is 12.4 Å². The van der Waals surface area contributed by atoms with Gasteiger partial charge in [-0.25, -0.2) is 13.2 Å². The number of hydrogen-bond acceptors (Lipinski definition) is 5. The van der Waals surface area contributed by atoms with E-state index >= 15 is 0 Å². The Morgan fingerprint density at radius 1 is 1.16 bits per heavy atom. The van der Waals surface area contributed by atoms with E-state index in [0.29, 0.717) is 0 Å². The Balaban J connectivity index is 2.10. The number of piperidine rings is 1. The lowest BCUT2D eigenvalue weighted by atomic mass is 9.97. The van der Waals surface area contributed by atoms with Gasteiger partial charge in [0.25, 0.3) is 5.91 Å². The van der Waals surface area contributed by atoms with Crippen molar-refractivity contribution in [2.45, 2.75) is 57.0 Å². The summed E-state index contributed by atoms with van der Waals surface area (Å²) in [6.07, 6.45) is 2.94. The van der Waals surface area contributed by atoms with Crippen LogP contribution in [0.25, 0.3) is 0 Å². The fourth-order valence-electron chi connectivity index (χ4n) is 3.25. The molecule has 2 rings (SSSR count). The topological polar surface area (TPSA) is 80.7 Å². The highest BCUT2D eigenvalue weighted by atomic mass is 32.2. The third-order valence-electron chi connectivity index (χ3n) is 4.63. The van der Waals surface area contributed by atoms with Gasteiger partial charge in [0.2, 0.25) is 0 Å². The molecule has 25 heavy (non-hydrogen) atoms. The first kappa shape index (κ1) is 19.4. The highest BCUT2D eigenvalue weighted by molar-refractivity contribution is 7.91. The lowest BCUT2D eigenvalue weighted by Crippen LogP contribution is -2.49. The molecule has 1 aliphatic rings. The van der Waals surface area contributed by atoms with Crippen LogP contribution in [0.1, 0.15) is 50.4 Å². The highest BCUT2D eigenvalue weighted by Gasteiger charge is 2.30. The van der Waals surface area contributed by atoms with Gasteiger partial charge in [-0.3, -0.25) is 4.79 Å². The zero-order valence-electron chi connectivity index (χ0n) is 14.9. The Morgan fingerprint density at radius 3 is 2.36 bits per heavy atom. The second-order valence-corrected chi connectivity index (χ2v) is 8.65. The Labute approximate surface area is 149 Å². The minimum atomic E-state index is -3.55. The van der Waals surface area contributed by atoms with Crippen molar-refractivity contribution in [1.82, 2.24) is 4.90 Å². The van der Waals surface area contributed by atoms with Gasteiger partial charge >= 0.3 is 5.97 Å². The van der Waals surface area contributed by atoms with Gasteiger partial charge in [-0.05, 0) is 45.2 Å². The summed E-state index contributed by atoms with van der Waals surface area (Å²) in [4.78, 5) is 26.4. The zero-order valence-corrected chi connectivity index (χ0v) is 15.7. The number of nitrogens with zero attached hydrogens (tertiary/aromatic N) is 1. The normalized spacial score (nSPS) is 21.0. The molecule has 1 aromatic rings. The summed E-state index contributed by atoms with van der Waals surface area (Å²) in [7, 11) is -3.55. The fourth-order valence-corrected chi connectivity index (χ4v) is 4.34. The molecular weight excluding hydrogens is 342 g/mol. The van der Waals surface area contributed by atoms with E-state index in [9.17, 15) is 18.0 Å². The SMILES string of the molecule is CCS(=O)(=O)c1ccccc1C(=O)OCC(=O)N1[C@H](C)CCC[C@H]1C. The summed E-state index contributed by atoms with van der Waals surface area (Å²) in [5.41, 5.74) is -0.0307. The van der Waals surface area contributed by atoms with Gasteiger partial charge in [0.1, 0.15) is 0 Å². The molecule has 0 N–H and O–H groups in total. The van der Waals surface area contributed by atoms with Crippen LogP contribution in [0, 0.1) is 0 Å². The number of ether oxygens (including phenoxy) is 1. The van der Waals surface area contributed by atoms with Crippen LogP contribution in [0.2, 0.25) is 0 Å². The molecular formula is C18H25NO5S. The first-order valence-corrected chi connectivity index (χ1v) is 10.2. The van der Waals surface area contributed by atoms with Crippen LogP contribution >= 0.6 is 0 Å². The van der Waals surface area contributed by atoms with E-state index < -0.39 is 15.8 Å². The van der Waals surface area contributed by atoms with Crippen LogP contribution in [0.15, 0.2) is 29.2 Å². The molecule has 7 heteroatoms. The van der Waals surface area contributed by atoms with Crippen LogP contribution in [-0.4, -0.2) is 49.6 Å². The van der Waals surface area contributed by atoms with Gasteiger partial charge in [-0.15, -0.1) is 0 Å². The largest absolute Gasteiger partial charge is 0.452 e. The molecule has 0 radical (unpaired) electrons. The van der Waals surface area contributed by atoms with Crippen LogP contribution in [0.3, 0.4) is 0 Å². The summed E-state index contributed by atoms with van der Waals surface area (Å²) in [5.74, 6) is -1.15. The second kappa shape index (κ2) is 7.99. The van der Waals surface area contributed by atoms with Crippen molar-refractivity contribution in [3.05, 3.63) is 29.8 Å². The molecule has 1 aromatic carbocycles. The zero-order chi connectivity index (χ0) is 18.6. The Hall–Kier alpha value is -1.89. The van der Waals surface area contributed by atoms with Crippen molar-refractivity contribution in [3.8, 4) is 0 Å². The van der Waals surface area contributed by atoms with Gasteiger partial charge in [0.05, 0.1) is 16.2 Å². The first-order valence-electron chi connectivity index (χ1n) is 8.58. The van der Waals surface area contributed by atoms with Gasteiger partial charge < -0.3 is 9.64 Å². The van der Waals surface area contributed by atoms with Crippen molar-refractivity contribution in [2.24, 2.45) is 0 Å². The number of carbonyl (C=O) groups is 2. The second-order valence-electron chi connectivity index (χ2n) is 6.41. The molecule has 0 aromatic heterocycles. The number of sulfone groups is 1. The third kappa shape index (κ3) is 4.39. The average molecular weight is 367 g/mol. The standard InChI is InChI=1S/C18H25NO5S/c1-4-25(22,23)16-11-6-5-10-15(16)18(21)24-12-17(20)19-13(2)8-7-9-14(19)3/h5-6,10-11,13-14H,4,7-9,12H2,1-3H3/t13-,14-/m1/s1. The van der Waals surface area contributed by atoms with E-state index in [1.54, 1.807) is 17.0 Å². The molecule has 1 saturated heterocycles. The van der Waals surface area contributed by atoms with E-state index in [1.807, 2.05) is 13.8 Å². The van der Waals surface area contributed by atoms with Crippen molar-refractivity contribution < 1.29 is 22.7 Å². The summed E-state index contributed by atoms with van der Waals surface area (Å²) in [5, 5.41) is 0. The number of likely N-dealkylation sites (tertiary alicyclic amines) is 1. The Kier molecular flexibility index (Phi) is 6.21. The molecule has 1 heterocycles. The van der Waals surface area contributed by atoms with Crippen LogP contribution in [-0.2, 0) is 19.4 Å².